The molecule has 1 aliphatic carbocycles. The highest BCUT2D eigenvalue weighted by Gasteiger charge is 2.41. The number of ether oxygens (including phenoxy) is 1. The van der Waals surface area contributed by atoms with E-state index in [9.17, 15) is 9.59 Å². The number of nitrogens with one attached hydrogen (secondary N) is 1. The van der Waals surface area contributed by atoms with E-state index in [2.05, 4.69) is 45.1 Å². The molecule has 1 aliphatic rings. The molecule has 1 atom stereocenters. The number of hydrogen-bond acceptors (Lipinski definition) is 3. The average molecular weight is 471 g/mol. The van der Waals surface area contributed by atoms with Gasteiger partial charge in [-0.2, -0.15) is 0 Å². The second-order valence-electron chi connectivity index (χ2n) is 10.8. The van der Waals surface area contributed by atoms with Gasteiger partial charge in [-0.25, -0.2) is 0 Å². The molecule has 3 aromatic rings. The third-order valence-electron chi connectivity index (χ3n) is 6.89. The van der Waals surface area contributed by atoms with Crippen molar-refractivity contribution in [3.05, 3.63) is 101 Å². The first-order chi connectivity index (χ1) is 16.5. The normalized spacial score (nSPS) is 16.2. The zero-order chi connectivity index (χ0) is 25.2. The van der Waals surface area contributed by atoms with Crippen molar-refractivity contribution in [2.75, 3.05) is 0 Å². The summed E-state index contributed by atoms with van der Waals surface area (Å²) in [6.07, 6.45) is 1.47. The summed E-state index contributed by atoms with van der Waals surface area (Å²) in [5.41, 5.74) is 10.9. The number of rotatable bonds is 8. The van der Waals surface area contributed by atoms with Gasteiger partial charge in [-0.3, -0.25) is 9.59 Å². The number of benzene rings is 3. The maximum Gasteiger partial charge on any atom is 0.251 e. The number of primary amides is 1. The molecule has 0 saturated carbocycles. The highest BCUT2D eigenvalue weighted by Crippen LogP contribution is 2.50. The van der Waals surface area contributed by atoms with E-state index in [0.29, 0.717) is 18.6 Å². The Morgan fingerprint density at radius 2 is 1.54 bits per heavy atom. The molecule has 0 aromatic heterocycles. The minimum Gasteiger partial charge on any atom is -0.489 e. The van der Waals surface area contributed by atoms with Gasteiger partial charge in [-0.05, 0) is 63.8 Å². The molecule has 3 N–H and O–H groups in total. The molecule has 0 aliphatic heterocycles. The highest BCUT2D eigenvalue weighted by atomic mass is 16.5. The zero-order valence-electron chi connectivity index (χ0n) is 20.9. The van der Waals surface area contributed by atoms with Crippen molar-refractivity contribution in [3.8, 4) is 5.75 Å². The van der Waals surface area contributed by atoms with E-state index in [0.717, 1.165) is 23.3 Å². The number of amides is 2. The summed E-state index contributed by atoms with van der Waals surface area (Å²) >= 11 is 0. The van der Waals surface area contributed by atoms with Crippen LogP contribution in [0.25, 0.3) is 0 Å². The minimum atomic E-state index is -0.776. The van der Waals surface area contributed by atoms with Gasteiger partial charge in [0.15, 0.2) is 0 Å². The molecule has 0 radical (unpaired) electrons. The topological polar surface area (TPSA) is 81.4 Å². The van der Waals surface area contributed by atoms with Crippen LogP contribution >= 0.6 is 0 Å². The molecule has 4 rings (SSSR count). The molecule has 3 aromatic carbocycles. The van der Waals surface area contributed by atoms with Crippen LogP contribution in [0, 0.1) is 0 Å². The Morgan fingerprint density at radius 1 is 0.886 bits per heavy atom. The van der Waals surface area contributed by atoms with Crippen LogP contribution in [-0.4, -0.2) is 17.9 Å². The van der Waals surface area contributed by atoms with E-state index < -0.39 is 11.9 Å². The predicted molar refractivity (Wildman–Crippen MR) is 138 cm³/mol. The summed E-state index contributed by atoms with van der Waals surface area (Å²) in [5, 5.41) is 2.75. The SMILES string of the molecule is CC1(C)CC(C)(C)c2cc(OCc3ccc(C(=O)NC(Cc4ccccc4)C(N)=O)cc3)ccc21. The number of nitrogens with two attached hydrogens (primary N) is 1. The number of fused-ring (bicyclic) bond motifs is 1. The molecular weight excluding hydrogens is 436 g/mol. The maximum atomic E-state index is 12.7. The van der Waals surface area contributed by atoms with E-state index in [-0.39, 0.29) is 16.7 Å². The van der Waals surface area contributed by atoms with Gasteiger partial charge in [0.05, 0.1) is 0 Å². The fourth-order valence-electron chi connectivity index (χ4n) is 5.29. The van der Waals surface area contributed by atoms with Crippen LogP contribution in [-0.2, 0) is 28.7 Å². The van der Waals surface area contributed by atoms with E-state index >= 15 is 0 Å². The Bertz CT molecular complexity index is 1210. The van der Waals surface area contributed by atoms with Crippen molar-refractivity contribution in [2.24, 2.45) is 5.73 Å². The lowest BCUT2D eigenvalue weighted by atomic mass is 9.82. The molecule has 35 heavy (non-hydrogen) atoms. The summed E-state index contributed by atoms with van der Waals surface area (Å²) in [4.78, 5) is 24.6. The third kappa shape index (κ3) is 5.56. The van der Waals surface area contributed by atoms with Gasteiger partial charge in [0, 0.05) is 12.0 Å². The van der Waals surface area contributed by atoms with Gasteiger partial charge in [-0.1, -0.05) is 76.2 Å². The van der Waals surface area contributed by atoms with Gasteiger partial charge in [-0.15, -0.1) is 0 Å². The second-order valence-corrected chi connectivity index (χ2v) is 10.8. The summed E-state index contributed by atoms with van der Waals surface area (Å²) < 4.78 is 6.08. The van der Waals surface area contributed by atoms with Gasteiger partial charge < -0.3 is 15.8 Å². The minimum absolute atomic E-state index is 0.122. The molecule has 0 bridgehead atoms. The smallest absolute Gasteiger partial charge is 0.251 e. The first kappa shape index (κ1) is 24.5. The van der Waals surface area contributed by atoms with Crippen LogP contribution in [0.4, 0.5) is 0 Å². The molecule has 5 nitrogen and oxygen atoms in total. The standard InChI is InChI=1S/C30H34N2O3/c1-29(2)19-30(3,4)25-17-23(14-15-24(25)29)35-18-21-10-12-22(13-11-21)28(34)32-26(27(31)33)16-20-8-6-5-7-9-20/h5-15,17,26H,16,18-19H2,1-4H3,(H2,31,33)(H,32,34). The van der Waals surface area contributed by atoms with Crippen molar-refractivity contribution in [2.45, 2.75) is 64.0 Å². The number of carbonyl (C=O) groups is 2. The fraction of sp³-hybridized carbons (Fsp3) is 0.333. The second kappa shape index (κ2) is 9.57. The molecule has 1 unspecified atom stereocenters. The summed E-state index contributed by atoms with van der Waals surface area (Å²) in [5.74, 6) is -0.0460. The van der Waals surface area contributed by atoms with Crippen LogP contribution in [0.3, 0.4) is 0 Å². The van der Waals surface area contributed by atoms with Crippen molar-refractivity contribution >= 4 is 11.8 Å². The Labute approximate surface area is 207 Å². The van der Waals surface area contributed by atoms with Crippen molar-refractivity contribution < 1.29 is 14.3 Å². The van der Waals surface area contributed by atoms with Crippen molar-refractivity contribution in [1.29, 1.82) is 0 Å². The Balaban J connectivity index is 1.38. The largest absolute Gasteiger partial charge is 0.489 e. The van der Waals surface area contributed by atoms with Crippen LogP contribution in [0.2, 0.25) is 0 Å². The maximum absolute atomic E-state index is 12.7. The summed E-state index contributed by atoms with van der Waals surface area (Å²) in [7, 11) is 0. The molecule has 2 amide bonds. The predicted octanol–water partition coefficient (Wildman–Crippen LogP) is 5.05. The zero-order valence-corrected chi connectivity index (χ0v) is 20.9. The summed E-state index contributed by atoms with van der Waals surface area (Å²) in [6.45, 7) is 9.58. The highest BCUT2D eigenvalue weighted by molar-refractivity contribution is 5.97. The Kier molecular flexibility index (Phi) is 6.70. The molecule has 0 heterocycles. The van der Waals surface area contributed by atoms with Crippen LogP contribution in [0.15, 0.2) is 72.8 Å². The Morgan fingerprint density at radius 3 is 2.20 bits per heavy atom. The molecule has 0 fully saturated rings. The first-order valence-electron chi connectivity index (χ1n) is 12.1. The van der Waals surface area contributed by atoms with E-state index in [1.165, 1.54) is 11.1 Å². The fourth-order valence-corrected chi connectivity index (χ4v) is 5.29. The van der Waals surface area contributed by atoms with Gasteiger partial charge in [0.25, 0.3) is 5.91 Å². The molecule has 0 saturated heterocycles. The Hall–Kier alpha value is -3.60. The summed E-state index contributed by atoms with van der Waals surface area (Å²) in [6, 6.07) is 22.3. The average Bonchev–Trinajstić information content (AvgIpc) is 3.01. The van der Waals surface area contributed by atoms with Crippen LogP contribution in [0.1, 0.15) is 66.7 Å². The first-order valence-corrected chi connectivity index (χ1v) is 12.1. The lowest BCUT2D eigenvalue weighted by molar-refractivity contribution is -0.119. The molecular formula is C30H34N2O3. The quantitative estimate of drug-likeness (QED) is 0.483. The van der Waals surface area contributed by atoms with Crippen LogP contribution < -0.4 is 15.8 Å². The van der Waals surface area contributed by atoms with Crippen molar-refractivity contribution in [3.63, 3.8) is 0 Å². The van der Waals surface area contributed by atoms with Gasteiger partial charge in [0.2, 0.25) is 5.91 Å². The van der Waals surface area contributed by atoms with Crippen LogP contribution in [0.5, 0.6) is 5.75 Å². The van der Waals surface area contributed by atoms with E-state index in [1.807, 2.05) is 48.5 Å². The van der Waals surface area contributed by atoms with Gasteiger partial charge >= 0.3 is 0 Å². The van der Waals surface area contributed by atoms with Crippen molar-refractivity contribution in [1.82, 2.24) is 5.32 Å². The lowest BCUT2D eigenvalue weighted by Crippen LogP contribution is -2.45. The van der Waals surface area contributed by atoms with E-state index in [4.69, 9.17) is 10.5 Å². The molecule has 0 spiro atoms. The monoisotopic (exact) mass is 470 g/mol. The lowest BCUT2D eigenvalue weighted by Gasteiger charge is -2.22. The third-order valence-corrected chi connectivity index (χ3v) is 6.89. The van der Waals surface area contributed by atoms with E-state index in [1.54, 1.807) is 12.1 Å². The van der Waals surface area contributed by atoms with Gasteiger partial charge in [0.1, 0.15) is 18.4 Å². The molecule has 182 valence electrons. The number of hydrogen-bond donors (Lipinski definition) is 2. The molecule has 5 heteroatoms. The number of carbonyl (C=O) groups excluding carboxylic acids is 2.